The van der Waals surface area contributed by atoms with Crippen LogP contribution in [0.25, 0.3) is 0 Å². The molecule has 1 heterocycles. The van der Waals surface area contributed by atoms with Crippen molar-refractivity contribution in [3.05, 3.63) is 0 Å². The molecule has 1 fully saturated rings. The molecule has 1 N–H and O–H groups in total. The van der Waals surface area contributed by atoms with E-state index in [0.29, 0.717) is 0 Å². The molecule has 0 atom stereocenters. The van der Waals surface area contributed by atoms with Gasteiger partial charge in [0.25, 0.3) is 0 Å². The summed E-state index contributed by atoms with van der Waals surface area (Å²) in [5.41, 5.74) is 0. The lowest BCUT2D eigenvalue weighted by Crippen LogP contribution is -2.32. The van der Waals surface area contributed by atoms with Gasteiger partial charge in [0.2, 0.25) is 0 Å². The molecular formula is C6H15NO. The van der Waals surface area contributed by atoms with Crippen molar-refractivity contribution in [2.24, 2.45) is 0 Å². The van der Waals surface area contributed by atoms with Crippen LogP contribution in [0, 0.1) is 0 Å². The number of rotatable bonds is 0. The first-order valence-electron chi connectivity index (χ1n) is 3.10. The molecule has 0 bridgehead atoms. The quantitative estimate of drug-likeness (QED) is 0.494. The highest BCUT2D eigenvalue weighted by Crippen LogP contribution is 1.98. The lowest BCUT2D eigenvalue weighted by Gasteiger charge is -2.24. The third-order valence-corrected chi connectivity index (χ3v) is 1.08. The summed E-state index contributed by atoms with van der Waals surface area (Å²) < 4.78 is 0. The number of hydrogen-bond acceptors (Lipinski definition) is 2. The number of aliphatic hydroxyl groups excluding tert-OH is 1. The predicted octanol–water partition coefficient (Wildman–Crippen LogP) is 0.321. The smallest absolute Gasteiger partial charge is 0.0402 e. The van der Waals surface area contributed by atoms with E-state index in [1.165, 1.54) is 19.5 Å². The van der Waals surface area contributed by atoms with Crippen LogP contribution in [0.15, 0.2) is 0 Å². The number of nitrogens with zero attached hydrogens (tertiary/aromatic N) is 1. The lowest BCUT2D eigenvalue weighted by atomic mass is 10.3. The van der Waals surface area contributed by atoms with Crippen LogP contribution in [0.5, 0.6) is 0 Å². The molecular weight excluding hydrogens is 102 g/mol. The van der Waals surface area contributed by atoms with Crippen LogP contribution in [0.3, 0.4) is 0 Å². The second kappa shape index (κ2) is 5.06. The van der Waals surface area contributed by atoms with Crippen LogP contribution in [-0.2, 0) is 0 Å². The Morgan fingerprint density at radius 3 is 1.75 bits per heavy atom. The zero-order chi connectivity index (χ0) is 6.41. The minimum Gasteiger partial charge on any atom is -0.397 e. The second-order valence-electron chi connectivity index (χ2n) is 1.97. The van der Waals surface area contributed by atoms with Gasteiger partial charge >= 0.3 is 0 Å². The van der Waals surface area contributed by atoms with Gasteiger partial charge in [0.1, 0.15) is 0 Å². The fourth-order valence-electron chi connectivity index (χ4n) is 0.474. The van der Waals surface area contributed by atoms with Crippen molar-refractivity contribution in [2.45, 2.75) is 13.3 Å². The molecule has 0 unspecified atom stereocenters. The van der Waals surface area contributed by atoms with Gasteiger partial charge in [-0.1, -0.05) is 0 Å². The fraction of sp³-hybridized carbons (Fsp3) is 1.00. The van der Waals surface area contributed by atoms with E-state index in [0.717, 1.165) is 0 Å². The monoisotopic (exact) mass is 117 g/mol. The van der Waals surface area contributed by atoms with E-state index in [-0.39, 0.29) is 6.61 Å². The molecule has 0 saturated carbocycles. The third-order valence-electron chi connectivity index (χ3n) is 1.08. The standard InChI is InChI=1S/C4H9N.C2H6O/c1-5-3-2-4-5;1-2-3/h2-4H2,1H3;3H,2H2,1H3. The minimum atomic E-state index is 0.250. The second-order valence-corrected chi connectivity index (χ2v) is 1.97. The summed E-state index contributed by atoms with van der Waals surface area (Å²) in [5.74, 6) is 0. The average molecular weight is 117 g/mol. The van der Waals surface area contributed by atoms with Crippen LogP contribution in [0.4, 0.5) is 0 Å². The Labute approximate surface area is 51.1 Å². The van der Waals surface area contributed by atoms with Crippen LogP contribution < -0.4 is 0 Å². The van der Waals surface area contributed by atoms with Gasteiger partial charge in [-0.25, -0.2) is 0 Å². The molecule has 0 amide bonds. The SMILES string of the molecule is CCO.CN1CCC1. The summed E-state index contributed by atoms with van der Waals surface area (Å²) in [4.78, 5) is 2.31. The lowest BCUT2D eigenvalue weighted by molar-refractivity contribution is 0.229. The topological polar surface area (TPSA) is 23.5 Å². The Bertz CT molecular complexity index is 43.8. The first-order chi connectivity index (χ1) is 3.81. The molecule has 50 valence electrons. The predicted molar refractivity (Wildman–Crippen MR) is 34.9 cm³/mol. The number of likely N-dealkylation sites (tertiary alicyclic amines) is 1. The molecule has 0 aliphatic carbocycles. The van der Waals surface area contributed by atoms with Gasteiger partial charge in [-0.15, -0.1) is 0 Å². The van der Waals surface area contributed by atoms with Gasteiger partial charge in [0.05, 0.1) is 0 Å². The molecule has 0 aromatic carbocycles. The molecule has 0 radical (unpaired) electrons. The maximum atomic E-state index is 7.57. The molecule has 0 aromatic heterocycles. The van der Waals surface area contributed by atoms with Crippen molar-refractivity contribution in [3.8, 4) is 0 Å². The van der Waals surface area contributed by atoms with Gasteiger partial charge in [0.15, 0.2) is 0 Å². The summed E-state index contributed by atoms with van der Waals surface area (Å²) in [5, 5.41) is 7.57. The Morgan fingerprint density at radius 1 is 1.50 bits per heavy atom. The van der Waals surface area contributed by atoms with Crippen LogP contribution in [0.1, 0.15) is 13.3 Å². The zero-order valence-corrected chi connectivity index (χ0v) is 5.72. The van der Waals surface area contributed by atoms with E-state index in [4.69, 9.17) is 5.11 Å². The van der Waals surface area contributed by atoms with Gasteiger partial charge in [-0.05, 0) is 33.5 Å². The number of aliphatic hydroxyl groups is 1. The highest BCUT2D eigenvalue weighted by Gasteiger charge is 2.04. The van der Waals surface area contributed by atoms with Crippen LogP contribution in [-0.4, -0.2) is 36.8 Å². The summed E-state index contributed by atoms with van der Waals surface area (Å²) in [7, 11) is 2.14. The minimum absolute atomic E-state index is 0.250. The van der Waals surface area contributed by atoms with E-state index < -0.39 is 0 Å². The molecule has 1 rings (SSSR count). The van der Waals surface area contributed by atoms with Crippen molar-refractivity contribution >= 4 is 0 Å². The van der Waals surface area contributed by atoms with E-state index in [9.17, 15) is 0 Å². The molecule has 0 aromatic rings. The first-order valence-corrected chi connectivity index (χ1v) is 3.10. The molecule has 1 aliphatic heterocycles. The van der Waals surface area contributed by atoms with Crippen molar-refractivity contribution < 1.29 is 5.11 Å². The summed E-state index contributed by atoms with van der Waals surface area (Å²) in [6.07, 6.45) is 1.41. The van der Waals surface area contributed by atoms with E-state index in [1.807, 2.05) is 0 Å². The van der Waals surface area contributed by atoms with Crippen molar-refractivity contribution in [1.82, 2.24) is 4.90 Å². The highest BCUT2D eigenvalue weighted by molar-refractivity contribution is 4.61. The first kappa shape index (κ1) is 7.92. The van der Waals surface area contributed by atoms with Gasteiger partial charge in [-0.2, -0.15) is 0 Å². The molecule has 8 heavy (non-hydrogen) atoms. The van der Waals surface area contributed by atoms with Crippen molar-refractivity contribution in [3.63, 3.8) is 0 Å². The summed E-state index contributed by atoms with van der Waals surface area (Å²) in [6, 6.07) is 0. The Kier molecular flexibility index (Phi) is 5.01. The highest BCUT2D eigenvalue weighted by atomic mass is 16.2. The number of hydrogen-bond donors (Lipinski definition) is 1. The van der Waals surface area contributed by atoms with E-state index >= 15 is 0 Å². The Morgan fingerprint density at radius 2 is 1.75 bits per heavy atom. The van der Waals surface area contributed by atoms with Gasteiger partial charge in [-0.3, -0.25) is 0 Å². The summed E-state index contributed by atoms with van der Waals surface area (Å²) >= 11 is 0. The largest absolute Gasteiger partial charge is 0.397 e. The maximum absolute atomic E-state index is 7.57. The van der Waals surface area contributed by atoms with E-state index in [1.54, 1.807) is 6.92 Å². The van der Waals surface area contributed by atoms with Gasteiger partial charge < -0.3 is 10.0 Å². The molecule has 2 nitrogen and oxygen atoms in total. The molecule has 0 spiro atoms. The summed E-state index contributed by atoms with van der Waals surface area (Å²) in [6.45, 7) is 4.57. The zero-order valence-electron chi connectivity index (χ0n) is 5.72. The third kappa shape index (κ3) is 4.09. The average Bonchev–Trinajstić information content (AvgIpc) is 1.64. The Hall–Kier alpha value is -0.0800. The van der Waals surface area contributed by atoms with Crippen LogP contribution >= 0.6 is 0 Å². The molecule has 2 heteroatoms. The van der Waals surface area contributed by atoms with Crippen molar-refractivity contribution in [1.29, 1.82) is 0 Å². The normalized spacial score (nSPS) is 18.4. The van der Waals surface area contributed by atoms with E-state index in [2.05, 4.69) is 11.9 Å². The molecule has 1 aliphatic rings. The fourth-order valence-corrected chi connectivity index (χ4v) is 0.474. The Balaban J connectivity index is 0.000000145. The van der Waals surface area contributed by atoms with Crippen LogP contribution in [0.2, 0.25) is 0 Å². The molecule has 1 saturated heterocycles. The van der Waals surface area contributed by atoms with Gasteiger partial charge in [0, 0.05) is 6.61 Å². The maximum Gasteiger partial charge on any atom is 0.0402 e. The van der Waals surface area contributed by atoms with Crippen molar-refractivity contribution in [2.75, 3.05) is 26.7 Å².